The molecule has 0 fully saturated rings. The molecule has 2 nitrogen and oxygen atoms in total. The molecule has 0 aliphatic carbocycles. The Balaban J connectivity index is 2.39. The molecule has 0 aliphatic heterocycles. The topological polar surface area (TPSA) is 27.0 Å². The number of anilines is 1. The summed E-state index contributed by atoms with van der Waals surface area (Å²) < 4.78 is 0. The molecule has 0 amide bonds. The minimum atomic E-state index is 0.0958. The van der Waals surface area contributed by atoms with Gasteiger partial charge in [-0.1, -0.05) is 35.9 Å². The van der Waals surface area contributed by atoms with Gasteiger partial charge in [0.2, 0.25) is 0 Å². The maximum atomic E-state index is 9.30. The third kappa shape index (κ3) is 2.79. The molecule has 0 radical (unpaired) electrons. The van der Waals surface area contributed by atoms with Gasteiger partial charge in [-0.2, -0.15) is 5.26 Å². The molecule has 0 aromatic heterocycles. The molecule has 2 aromatic carbocycles. The lowest BCUT2D eigenvalue weighted by molar-refractivity contribution is 0.739. The van der Waals surface area contributed by atoms with Crippen LogP contribution in [0.3, 0.4) is 0 Å². The van der Waals surface area contributed by atoms with E-state index in [1.165, 1.54) is 0 Å². The Hall–Kier alpha value is -1.98. The molecule has 0 bridgehead atoms. The van der Waals surface area contributed by atoms with Crippen molar-refractivity contribution in [1.82, 2.24) is 0 Å². The molecular weight excluding hydrogens is 268 g/mol. The SMILES string of the molecule is Cc1ccc(N(C)C(C)c2ccccc2Cl)c(C#N)c1. The molecule has 0 aliphatic rings. The Bertz CT molecular complexity index is 658. The Kier molecular flexibility index (Phi) is 4.32. The normalized spacial score (nSPS) is 11.8. The van der Waals surface area contributed by atoms with E-state index < -0.39 is 0 Å². The Morgan fingerprint density at radius 1 is 1.20 bits per heavy atom. The number of nitrogens with zero attached hydrogens (tertiary/aromatic N) is 2. The van der Waals surface area contributed by atoms with Gasteiger partial charge >= 0.3 is 0 Å². The smallest absolute Gasteiger partial charge is 0.101 e. The molecule has 0 saturated heterocycles. The van der Waals surface area contributed by atoms with Gasteiger partial charge in [0.1, 0.15) is 6.07 Å². The van der Waals surface area contributed by atoms with Crippen molar-refractivity contribution in [3.8, 4) is 6.07 Å². The van der Waals surface area contributed by atoms with Crippen molar-refractivity contribution in [3.63, 3.8) is 0 Å². The highest BCUT2D eigenvalue weighted by molar-refractivity contribution is 6.31. The number of halogens is 1. The highest BCUT2D eigenvalue weighted by atomic mass is 35.5. The highest BCUT2D eigenvalue weighted by Gasteiger charge is 2.17. The van der Waals surface area contributed by atoms with Gasteiger partial charge in [0.05, 0.1) is 17.3 Å². The molecule has 1 unspecified atom stereocenters. The van der Waals surface area contributed by atoms with Gasteiger partial charge in [0.25, 0.3) is 0 Å². The van der Waals surface area contributed by atoms with Crippen LogP contribution in [-0.2, 0) is 0 Å². The maximum absolute atomic E-state index is 9.30. The fourth-order valence-corrected chi connectivity index (χ4v) is 2.57. The molecule has 20 heavy (non-hydrogen) atoms. The number of hydrogen-bond acceptors (Lipinski definition) is 2. The van der Waals surface area contributed by atoms with E-state index in [9.17, 15) is 5.26 Å². The predicted octanol–water partition coefficient (Wildman–Crippen LogP) is 4.72. The van der Waals surface area contributed by atoms with Gasteiger partial charge in [-0.25, -0.2) is 0 Å². The summed E-state index contributed by atoms with van der Waals surface area (Å²) in [5.74, 6) is 0. The molecule has 0 heterocycles. The van der Waals surface area contributed by atoms with Crippen molar-refractivity contribution >= 4 is 17.3 Å². The van der Waals surface area contributed by atoms with E-state index in [-0.39, 0.29) is 6.04 Å². The first-order valence-corrected chi connectivity index (χ1v) is 6.90. The van der Waals surface area contributed by atoms with Crippen LogP contribution in [-0.4, -0.2) is 7.05 Å². The summed E-state index contributed by atoms with van der Waals surface area (Å²) in [4.78, 5) is 2.08. The number of benzene rings is 2. The lowest BCUT2D eigenvalue weighted by atomic mass is 10.0. The fraction of sp³-hybridized carbons (Fsp3) is 0.235. The summed E-state index contributed by atoms with van der Waals surface area (Å²) in [6.45, 7) is 4.07. The van der Waals surface area contributed by atoms with Crippen LogP contribution >= 0.6 is 11.6 Å². The molecule has 0 spiro atoms. The molecule has 2 rings (SSSR count). The number of nitriles is 1. The van der Waals surface area contributed by atoms with Crippen LogP contribution in [0.5, 0.6) is 0 Å². The number of aryl methyl sites for hydroxylation is 1. The quantitative estimate of drug-likeness (QED) is 0.815. The Labute approximate surface area is 125 Å². The monoisotopic (exact) mass is 284 g/mol. The minimum Gasteiger partial charge on any atom is -0.367 e. The average molecular weight is 285 g/mol. The molecular formula is C17H17ClN2. The lowest BCUT2D eigenvalue weighted by Crippen LogP contribution is -2.22. The molecule has 0 N–H and O–H groups in total. The van der Waals surface area contributed by atoms with Gasteiger partial charge in [-0.3, -0.25) is 0 Å². The van der Waals surface area contributed by atoms with E-state index in [1.54, 1.807) is 0 Å². The van der Waals surface area contributed by atoms with Gasteiger partial charge in [-0.05, 0) is 43.2 Å². The first kappa shape index (κ1) is 14.4. The van der Waals surface area contributed by atoms with Crippen molar-refractivity contribution in [2.24, 2.45) is 0 Å². The minimum absolute atomic E-state index is 0.0958. The van der Waals surface area contributed by atoms with Gasteiger partial charge in [0.15, 0.2) is 0 Å². The van der Waals surface area contributed by atoms with E-state index in [4.69, 9.17) is 11.6 Å². The van der Waals surface area contributed by atoms with Crippen LogP contribution in [0.2, 0.25) is 5.02 Å². The van der Waals surface area contributed by atoms with Crippen molar-refractivity contribution in [3.05, 3.63) is 64.2 Å². The van der Waals surface area contributed by atoms with Crippen molar-refractivity contribution in [2.75, 3.05) is 11.9 Å². The standard InChI is InChI=1S/C17H17ClN2/c1-12-8-9-17(14(10-12)11-19)20(3)13(2)15-6-4-5-7-16(15)18/h4-10,13H,1-3H3. The van der Waals surface area contributed by atoms with Crippen LogP contribution in [0, 0.1) is 18.3 Å². The summed E-state index contributed by atoms with van der Waals surface area (Å²) >= 11 is 6.26. The molecule has 2 aromatic rings. The summed E-state index contributed by atoms with van der Waals surface area (Å²) in [7, 11) is 1.99. The van der Waals surface area contributed by atoms with Crippen LogP contribution in [0.4, 0.5) is 5.69 Å². The van der Waals surface area contributed by atoms with Gasteiger partial charge in [0, 0.05) is 12.1 Å². The Morgan fingerprint density at radius 2 is 1.90 bits per heavy atom. The Morgan fingerprint density at radius 3 is 2.55 bits per heavy atom. The van der Waals surface area contributed by atoms with Crippen molar-refractivity contribution < 1.29 is 0 Å². The molecule has 102 valence electrons. The van der Waals surface area contributed by atoms with Crippen molar-refractivity contribution in [1.29, 1.82) is 5.26 Å². The van der Waals surface area contributed by atoms with E-state index in [1.807, 2.05) is 56.4 Å². The maximum Gasteiger partial charge on any atom is 0.101 e. The zero-order valence-electron chi connectivity index (χ0n) is 11.9. The van der Waals surface area contributed by atoms with Crippen LogP contribution < -0.4 is 4.90 Å². The van der Waals surface area contributed by atoms with Gasteiger partial charge < -0.3 is 4.90 Å². The third-order valence-electron chi connectivity index (χ3n) is 3.59. The molecule has 1 atom stereocenters. The summed E-state index contributed by atoms with van der Waals surface area (Å²) in [5.41, 5.74) is 3.75. The summed E-state index contributed by atoms with van der Waals surface area (Å²) in [5, 5.41) is 10.0. The molecule has 3 heteroatoms. The largest absolute Gasteiger partial charge is 0.367 e. The first-order chi connectivity index (χ1) is 9.54. The van der Waals surface area contributed by atoms with Crippen LogP contribution in [0.1, 0.15) is 29.7 Å². The zero-order chi connectivity index (χ0) is 14.7. The second kappa shape index (κ2) is 5.98. The van der Waals surface area contributed by atoms with E-state index in [2.05, 4.69) is 17.9 Å². The first-order valence-electron chi connectivity index (χ1n) is 6.52. The average Bonchev–Trinajstić information content (AvgIpc) is 2.46. The van der Waals surface area contributed by atoms with Gasteiger partial charge in [-0.15, -0.1) is 0 Å². The van der Waals surface area contributed by atoms with E-state index >= 15 is 0 Å². The van der Waals surface area contributed by atoms with Crippen LogP contribution in [0.15, 0.2) is 42.5 Å². The van der Waals surface area contributed by atoms with E-state index in [0.29, 0.717) is 5.56 Å². The number of hydrogen-bond donors (Lipinski definition) is 0. The third-order valence-corrected chi connectivity index (χ3v) is 3.93. The second-order valence-electron chi connectivity index (χ2n) is 4.94. The fourth-order valence-electron chi connectivity index (χ4n) is 2.28. The van der Waals surface area contributed by atoms with Crippen molar-refractivity contribution in [2.45, 2.75) is 19.9 Å². The van der Waals surface area contributed by atoms with E-state index in [0.717, 1.165) is 21.8 Å². The highest BCUT2D eigenvalue weighted by Crippen LogP contribution is 2.31. The molecule has 0 saturated carbocycles. The summed E-state index contributed by atoms with van der Waals surface area (Å²) in [6, 6.07) is 16.1. The number of rotatable bonds is 3. The van der Waals surface area contributed by atoms with Crippen LogP contribution in [0.25, 0.3) is 0 Å². The summed E-state index contributed by atoms with van der Waals surface area (Å²) in [6.07, 6.45) is 0. The predicted molar refractivity (Wildman–Crippen MR) is 84.2 cm³/mol. The lowest BCUT2D eigenvalue weighted by Gasteiger charge is -2.29. The second-order valence-corrected chi connectivity index (χ2v) is 5.35. The zero-order valence-corrected chi connectivity index (χ0v) is 12.6.